The molecule has 5 rings (SSSR count). The molecule has 3 aromatic rings. The van der Waals surface area contributed by atoms with Gasteiger partial charge in [-0.2, -0.15) is 0 Å². The summed E-state index contributed by atoms with van der Waals surface area (Å²) in [6.45, 7) is 1.19. The van der Waals surface area contributed by atoms with Gasteiger partial charge in [0.1, 0.15) is 0 Å². The number of rotatable bonds is 1. The monoisotopic (exact) mass is 429 g/mol. The molecule has 0 N–H and O–H groups in total. The van der Waals surface area contributed by atoms with Gasteiger partial charge in [0.05, 0.1) is 11.9 Å². The molecule has 1 aromatic carbocycles. The highest BCUT2D eigenvalue weighted by Gasteiger charge is 2.26. The van der Waals surface area contributed by atoms with Gasteiger partial charge in [-0.05, 0) is 54.3 Å². The molecule has 1 amide bonds. The van der Waals surface area contributed by atoms with Crippen molar-refractivity contribution in [2.75, 3.05) is 13.1 Å². The molecule has 6 heteroatoms. The van der Waals surface area contributed by atoms with Gasteiger partial charge in [-0.1, -0.05) is 41.5 Å². The van der Waals surface area contributed by atoms with Gasteiger partial charge in [-0.3, -0.25) is 9.97 Å². The van der Waals surface area contributed by atoms with Crippen LogP contribution in [0, 0.1) is 0 Å². The molecular formula is C25H20ClN3O2. The van der Waals surface area contributed by atoms with Crippen molar-refractivity contribution < 1.29 is 9.53 Å². The number of nitrogens with zero attached hydrogens (tertiary/aromatic N) is 3. The van der Waals surface area contributed by atoms with Crippen molar-refractivity contribution in [2.24, 2.45) is 0 Å². The molecule has 0 bridgehead atoms. The molecule has 1 aliphatic carbocycles. The number of carbonyl (C=O) groups is 1. The number of likely N-dealkylation sites (tertiary alicyclic amines) is 1. The maximum absolute atomic E-state index is 12.6. The molecule has 2 aliphatic rings. The highest BCUT2D eigenvalue weighted by atomic mass is 35.5. The summed E-state index contributed by atoms with van der Waals surface area (Å²) in [7, 11) is 0. The summed E-state index contributed by atoms with van der Waals surface area (Å²) in [6.07, 6.45) is 10.4. The molecule has 1 aliphatic heterocycles. The van der Waals surface area contributed by atoms with Crippen molar-refractivity contribution in [2.45, 2.75) is 12.8 Å². The third-order valence-electron chi connectivity index (χ3n) is 5.62. The molecule has 154 valence electrons. The summed E-state index contributed by atoms with van der Waals surface area (Å²) < 4.78 is 5.45. The number of aromatic nitrogens is 2. The van der Waals surface area contributed by atoms with Crippen LogP contribution in [-0.4, -0.2) is 34.1 Å². The SMILES string of the molecule is O=C(Oc1cccnc1)N1CCC(=C2c3ccc(Cl)cc3C=Cc3cccnc32)CC1. The first-order valence-corrected chi connectivity index (χ1v) is 10.6. The van der Waals surface area contributed by atoms with Crippen molar-refractivity contribution >= 4 is 35.4 Å². The van der Waals surface area contributed by atoms with Crippen molar-refractivity contribution in [3.63, 3.8) is 0 Å². The van der Waals surface area contributed by atoms with Gasteiger partial charge in [0.2, 0.25) is 0 Å². The van der Waals surface area contributed by atoms with E-state index in [1.807, 2.05) is 24.4 Å². The number of benzene rings is 1. The number of piperidine rings is 1. The number of amides is 1. The first kappa shape index (κ1) is 19.5. The largest absolute Gasteiger partial charge is 0.415 e. The van der Waals surface area contributed by atoms with Gasteiger partial charge in [0.15, 0.2) is 5.75 Å². The number of pyridine rings is 2. The van der Waals surface area contributed by atoms with Crippen LogP contribution in [0.15, 0.2) is 66.6 Å². The van der Waals surface area contributed by atoms with E-state index in [-0.39, 0.29) is 6.09 Å². The summed E-state index contributed by atoms with van der Waals surface area (Å²) in [6, 6.07) is 13.5. The maximum Gasteiger partial charge on any atom is 0.415 e. The molecule has 2 aromatic heterocycles. The molecular weight excluding hydrogens is 410 g/mol. The van der Waals surface area contributed by atoms with Crippen molar-refractivity contribution in [1.29, 1.82) is 0 Å². The Morgan fingerprint density at radius 2 is 1.81 bits per heavy atom. The van der Waals surface area contributed by atoms with E-state index < -0.39 is 0 Å². The number of hydrogen-bond acceptors (Lipinski definition) is 4. The van der Waals surface area contributed by atoms with E-state index in [0.29, 0.717) is 23.9 Å². The lowest BCUT2D eigenvalue weighted by atomic mass is 9.88. The Labute approximate surface area is 185 Å². The third kappa shape index (κ3) is 3.97. The quantitative estimate of drug-likeness (QED) is 0.389. The van der Waals surface area contributed by atoms with Gasteiger partial charge >= 0.3 is 6.09 Å². The van der Waals surface area contributed by atoms with E-state index in [9.17, 15) is 4.79 Å². The van der Waals surface area contributed by atoms with Crippen molar-refractivity contribution in [3.8, 4) is 5.75 Å². The van der Waals surface area contributed by atoms with Crippen LogP contribution in [-0.2, 0) is 0 Å². The minimum Gasteiger partial charge on any atom is -0.409 e. The number of ether oxygens (including phenoxy) is 1. The molecule has 31 heavy (non-hydrogen) atoms. The van der Waals surface area contributed by atoms with E-state index >= 15 is 0 Å². The predicted molar refractivity (Wildman–Crippen MR) is 122 cm³/mol. The summed E-state index contributed by atoms with van der Waals surface area (Å²) in [5.74, 6) is 0.454. The first-order chi connectivity index (χ1) is 15.2. The van der Waals surface area contributed by atoms with E-state index in [1.54, 1.807) is 29.4 Å². The fraction of sp³-hybridized carbons (Fsp3) is 0.160. The zero-order chi connectivity index (χ0) is 21.2. The topological polar surface area (TPSA) is 55.3 Å². The number of halogens is 1. The van der Waals surface area contributed by atoms with Crippen molar-refractivity contribution in [3.05, 3.63) is 94.0 Å². The van der Waals surface area contributed by atoms with E-state index in [4.69, 9.17) is 21.3 Å². The summed E-state index contributed by atoms with van der Waals surface area (Å²) in [4.78, 5) is 23.0. The van der Waals surface area contributed by atoms with Gasteiger partial charge in [0, 0.05) is 41.6 Å². The minimum absolute atomic E-state index is 0.342. The minimum atomic E-state index is -0.342. The van der Waals surface area contributed by atoms with Crippen LogP contribution in [0.3, 0.4) is 0 Å². The van der Waals surface area contributed by atoms with Gasteiger partial charge in [-0.25, -0.2) is 4.79 Å². The van der Waals surface area contributed by atoms with Crippen LogP contribution in [0.25, 0.3) is 17.7 Å². The summed E-state index contributed by atoms with van der Waals surface area (Å²) in [5.41, 5.74) is 6.69. The van der Waals surface area contributed by atoms with E-state index in [1.165, 1.54) is 5.57 Å². The maximum atomic E-state index is 12.6. The average molecular weight is 430 g/mol. The van der Waals surface area contributed by atoms with Crippen LogP contribution in [0.2, 0.25) is 5.02 Å². The van der Waals surface area contributed by atoms with Gasteiger partial charge < -0.3 is 9.64 Å². The number of carbonyl (C=O) groups excluding carboxylic acids is 1. The van der Waals surface area contributed by atoms with Crippen LogP contribution >= 0.6 is 11.6 Å². The zero-order valence-corrected chi connectivity index (χ0v) is 17.5. The Morgan fingerprint density at radius 3 is 2.61 bits per heavy atom. The molecule has 0 saturated carbocycles. The fourth-order valence-corrected chi connectivity index (χ4v) is 4.29. The Morgan fingerprint density at radius 1 is 1.00 bits per heavy atom. The second kappa shape index (κ2) is 8.36. The smallest absolute Gasteiger partial charge is 0.409 e. The summed E-state index contributed by atoms with van der Waals surface area (Å²) in [5, 5.41) is 0.708. The predicted octanol–water partition coefficient (Wildman–Crippen LogP) is 5.71. The van der Waals surface area contributed by atoms with E-state index in [0.717, 1.165) is 40.8 Å². The second-order valence-electron chi connectivity index (χ2n) is 7.53. The molecule has 1 saturated heterocycles. The van der Waals surface area contributed by atoms with E-state index in [2.05, 4.69) is 29.3 Å². The van der Waals surface area contributed by atoms with Crippen molar-refractivity contribution in [1.82, 2.24) is 14.9 Å². The first-order valence-electron chi connectivity index (χ1n) is 10.2. The Balaban J connectivity index is 1.45. The highest BCUT2D eigenvalue weighted by molar-refractivity contribution is 6.30. The van der Waals surface area contributed by atoms with Gasteiger partial charge in [0.25, 0.3) is 0 Å². The normalized spacial score (nSPS) is 15.2. The second-order valence-corrected chi connectivity index (χ2v) is 7.96. The lowest BCUT2D eigenvalue weighted by Crippen LogP contribution is -2.38. The Bertz CT molecular complexity index is 1190. The molecule has 0 atom stereocenters. The van der Waals surface area contributed by atoms with Gasteiger partial charge in [-0.15, -0.1) is 0 Å². The average Bonchev–Trinajstić information content (AvgIpc) is 2.96. The molecule has 1 fully saturated rings. The summed E-state index contributed by atoms with van der Waals surface area (Å²) >= 11 is 6.27. The lowest BCUT2D eigenvalue weighted by molar-refractivity contribution is 0.148. The lowest BCUT2D eigenvalue weighted by Gasteiger charge is -2.29. The Hall–Kier alpha value is -3.44. The third-order valence-corrected chi connectivity index (χ3v) is 5.85. The molecule has 0 unspecified atom stereocenters. The standard InChI is InChI=1S/C25H20ClN3O2/c26-20-7-8-22-19(15-20)6-5-18-3-1-12-28-24(18)23(22)17-9-13-29(14-10-17)25(30)31-21-4-2-11-27-16-21/h1-8,11-12,15-16H,9-10,13-14H2. The molecule has 5 nitrogen and oxygen atoms in total. The number of hydrogen-bond donors (Lipinski definition) is 0. The molecule has 0 radical (unpaired) electrons. The van der Waals surface area contributed by atoms with Crippen LogP contribution in [0.5, 0.6) is 5.75 Å². The Kier molecular flexibility index (Phi) is 5.26. The zero-order valence-electron chi connectivity index (χ0n) is 16.8. The highest BCUT2D eigenvalue weighted by Crippen LogP contribution is 2.38. The molecule has 3 heterocycles. The van der Waals surface area contributed by atoms with Crippen LogP contribution in [0.1, 0.15) is 35.2 Å². The number of fused-ring (bicyclic) bond motifs is 2. The van der Waals surface area contributed by atoms with Crippen LogP contribution in [0.4, 0.5) is 4.79 Å². The fourth-order valence-electron chi connectivity index (χ4n) is 4.11. The van der Waals surface area contributed by atoms with Crippen LogP contribution < -0.4 is 4.74 Å². The molecule has 0 spiro atoms.